The SMILES string of the molecule is Nc1cccc2oc(N(CCO)CC(F)(F)F)nc12. The van der Waals surface area contributed by atoms with Crippen molar-refractivity contribution in [3.8, 4) is 0 Å². The van der Waals surface area contributed by atoms with Gasteiger partial charge in [-0.05, 0) is 12.1 Å². The zero-order valence-corrected chi connectivity index (χ0v) is 9.81. The molecule has 0 aliphatic rings. The van der Waals surface area contributed by atoms with E-state index in [1.54, 1.807) is 18.2 Å². The van der Waals surface area contributed by atoms with Crippen LogP contribution in [0.1, 0.15) is 0 Å². The molecule has 8 heteroatoms. The quantitative estimate of drug-likeness (QED) is 0.832. The second kappa shape index (κ2) is 4.96. The monoisotopic (exact) mass is 275 g/mol. The fourth-order valence-electron chi connectivity index (χ4n) is 1.67. The summed E-state index contributed by atoms with van der Waals surface area (Å²) < 4.78 is 42.5. The summed E-state index contributed by atoms with van der Waals surface area (Å²) in [6, 6.07) is 4.55. The fraction of sp³-hybridized carbons (Fsp3) is 0.364. The van der Waals surface area contributed by atoms with Gasteiger partial charge < -0.3 is 20.2 Å². The van der Waals surface area contributed by atoms with Crippen LogP contribution in [0.4, 0.5) is 24.9 Å². The number of rotatable bonds is 4. The fourth-order valence-corrected chi connectivity index (χ4v) is 1.67. The molecule has 0 atom stereocenters. The first-order chi connectivity index (χ1) is 8.90. The van der Waals surface area contributed by atoms with E-state index in [2.05, 4.69) is 4.98 Å². The molecule has 5 nitrogen and oxygen atoms in total. The van der Waals surface area contributed by atoms with Crippen molar-refractivity contribution in [3.05, 3.63) is 18.2 Å². The average molecular weight is 275 g/mol. The van der Waals surface area contributed by atoms with Crippen molar-refractivity contribution >= 4 is 22.8 Å². The minimum Gasteiger partial charge on any atom is -0.423 e. The zero-order chi connectivity index (χ0) is 14.0. The largest absolute Gasteiger partial charge is 0.423 e. The van der Waals surface area contributed by atoms with Crippen molar-refractivity contribution < 1.29 is 22.7 Å². The third kappa shape index (κ3) is 3.08. The van der Waals surface area contributed by atoms with Crippen LogP contribution in [0.25, 0.3) is 11.1 Å². The summed E-state index contributed by atoms with van der Waals surface area (Å²) in [4.78, 5) is 4.76. The van der Waals surface area contributed by atoms with E-state index in [0.717, 1.165) is 4.90 Å². The number of nitrogens with two attached hydrogens (primary N) is 1. The molecule has 2 aromatic rings. The first kappa shape index (κ1) is 13.5. The van der Waals surface area contributed by atoms with E-state index in [1.807, 2.05) is 0 Å². The molecule has 0 amide bonds. The van der Waals surface area contributed by atoms with E-state index in [9.17, 15) is 13.2 Å². The molecule has 0 unspecified atom stereocenters. The van der Waals surface area contributed by atoms with Crippen molar-refractivity contribution in [2.24, 2.45) is 0 Å². The average Bonchev–Trinajstić information content (AvgIpc) is 2.72. The molecule has 0 aliphatic carbocycles. The Hall–Kier alpha value is -1.96. The van der Waals surface area contributed by atoms with Gasteiger partial charge >= 0.3 is 6.18 Å². The predicted octanol–water partition coefficient (Wildman–Crippen LogP) is 1.77. The van der Waals surface area contributed by atoms with Gasteiger partial charge in [-0.15, -0.1) is 0 Å². The number of aliphatic hydroxyl groups excluding tert-OH is 1. The zero-order valence-electron chi connectivity index (χ0n) is 9.81. The number of aliphatic hydroxyl groups is 1. The molecule has 0 spiro atoms. The summed E-state index contributed by atoms with van der Waals surface area (Å²) in [7, 11) is 0. The van der Waals surface area contributed by atoms with Gasteiger partial charge in [0.2, 0.25) is 0 Å². The van der Waals surface area contributed by atoms with Gasteiger partial charge in [0.05, 0.1) is 12.3 Å². The third-order valence-corrected chi connectivity index (χ3v) is 2.45. The highest BCUT2D eigenvalue weighted by Crippen LogP contribution is 2.27. The third-order valence-electron chi connectivity index (χ3n) is 2.45. The number of aromatic nitrogens is 1. The van der Waals surface area contributed by atoms with Crippen LogP contribution in [0.3, 0.4) is 0 Å². The number of benzene rings is 1. The van der Waals surface area contributed by atoms with Gasteiger partial charge in [0.25, 0.3) is 6.01 Å². The Kier molecular flexibility index (Phi) is 3.52. The van der Waals surface area contributed by atoms with Crippen molar-refractivity contribution in [2.75, 3.05) is 30.3 Å². The lowest BCUT2D eigenvalue weighted by Crippen LogP contribution is -2.36. The van der Waals surface area contributed by atoms with Gasteiger partial charge in [-0.2, -0.15) is 18.2 Å². The van der Waals surface area contributed by atoms with Crippen molar-refractivity contribution in [1.82, 2.24) is 4.98 Å². The van der Waals surface area contributed by atoms with Gasteiger partial charge in [-0.1, -0.05) is 6.07 Å². The second-order valence-corrected chi connectivity index (χ2v) is 3.95. The number of alkyl halides is 3. The Morgan fingerprint density at radius 2 is 2.11 bits per heavy atom. The molecular formula is C11H12F3N3O2. The van der Waals surface area contributed by atoms with Crippen molar-refractivity contribution in [2.45, 2.75) is 6.18 Å². The highest BCUT2D eigenvalue weighted by atomic mass is 19.4. The smallest absolute Gasteiger partial charge is 0.406 e. The molecule has 2 rings (SSSR count). The van der Waals surface area contributed by atoms with Crippen LogP contribution in [0.15, 0.2) is 22.6 Å². The Morgan fingerprint density at radius 3 is 2.68 bits per heavy atom. The van der Waals surface area contributed by atoms with Crippen LogP contribution >= 0.6 is 0 Å². The van der Waals surface area contributed by atoms with Gasteiger partial charge in [0.1, 0.15) is 12.1 Å². The molecule has 1 aromatic carbocycles. The molecule has 0 fully saturated rings. The van der Waals surface area contributed by atoms with E-state index in [0.29, 0.717) is 16.8 Å². The summed E-state index contributed by atoms with van der Waals surface area (Å²) >= 11 is 0. The molecule has 0 saturated carbocycles. The highest BCUT2D eigenvalue weighted by molar-refractivity contribution is 5.86. The number of hydrogen-bond donors (Lipinski definition) is 2. The highest BCUT2D eigenvalue weighted by Gasteiger charge is 2.32. The minimum atomic E-state index is -4.42. The second-order valence-electron chi connectivity index (χ2n) is 3.95. The van der Waals surface area contributed by atoms with Crippen molar-refractivity contribution in [1.29, 1.82) is 0 Å². The summed E-state index contributed by atoms with van der Waals surface area (Å²) in [6.45, 7) is -1.92. The number of para-hydroxylation sites is 1. The number of nitrogen functional groups attached to an aromatic ring is 1. The summed E-state index contributed by atoms with van der Waals surface area (Å²) in [5, 5.41) is 8.82. The first-order valence-corrected chi connectivity index (χ1v) is 5.48. The van der Waals surface area contributed by atoms with Crippen LogP contribution in [-0.2, 0) is 0 Å². The Morgan fingerprint density at radius 1 is 1.37 bits per heavy atom. The van der Waals surface area contributed by atoms with Gasteiger partial charge in [-0.3, -0.25) is 0 Å². The molecule has 19 heavy (non-hydrogen) atoms. The molecule has 0 radical (unpaired) electrons. The van der Waals surface area contributed by atoms with Gasteiger partial charge in [-0.25, -0.2) is 0 Å². The van der Waals surface area contributed by atoms with Crippen LogP contribution in [0, 0.1) is 0 Å². The summed E-state index contributed by atoms with van der Waals surface area (Å²) in [6.07, 6.45) is -4.42. The molecular weight excluding hydrogens is 263 g/mol. The van der Waals surface area contributed by atoms with Crippen LogP contribution in [-0.4, -0.2) is 36.0 Å². The molecule has 104 valence electrons. The lowest BCUT2D eigenvalue weighted by molar-refractivity contribution is -0.120. The van der Waals surface area contributed by atoms with E-state index in [4.69, 9.17) is 15.3 Å². The molecule has 0 bridgehead atoms. The Bertz CT molecular complexity index is 568. The number of fused-ring (bicyclic) bond motifs is 1. The molecule has 0 saturated heterocycles. The number of anilines is 2. The lowest BCUT2D eigenvalue weighted by Gasteiger charge is -2.20. The lowest BCUT2D eigenvalue weighted by atomic mass is 10.3. The molecule has 3 N–H and O–H groups in total. The minimum absolute atomic E-state index is 0.209. The van der Waals surface area contributed by atoms with Gasteiger partial charge in [0, 0.05) is 6.54 Å². The maximum absolute atomic E-state index is 12.4. The van der Waals surface area contributed by atoms with Crippen LogP contribution in [0.5, 0.6) is 0 Å². The Balaban J connectivity index is 2.36. The molecule has 0 aliphatic heterocycles. The number of nitrogens with zero attached hydrogens (tertiary/aromatic N) is 2. The normalized spacial score (nSPS) is 12.0. The van der Waals surface area contributed by atoms with E-state index in [-0.39, 0.29) is 12.6 Å². The number of hydrogen-bond acceptors (Lipinski definition) is 5. The summed E-state index contributed by atoms with van der Waals surface area (Å²) in [5.41, 5.74) is 6.59. The maximum atomic E-state index is 12.4. The van der Waals surface area contributed by atoms with E-state index < -0.39 is 19.3 Å². The first-order valence-electron chi connectivity index (χ1n) is 5.48. The number of oxazole rings is 1. The van der Waals surface area contributed by atoms with Gasteiger partial charge in [0.15, 0.2) is 5.58 Å². The molecule has 1 heterocycles. The maximum Gasteiger partial charge on any atom is 0.406 e. The van der Waals surface area contributed by atoms with E-state index >= 15 is 0 Å². The van der Waals surface area contributed by atoms with Crippen LogP contribution < -0.4 is 10.6 Å². The Labute approximate surface area is 106 Å². The van der Waals surface area contributed by atoms with Crippen LogP contribution in [0.2, 0.25) is 0 Å². The standard InChI is InChI=1S/C11H12F3N3O2/c12-11(13,14)6-17(4-5-18)10-16-9-7(15)2-1-3-8(9)19-10/h1-3,18H,4-6,15H2. The number of halogens is 3. The summed E-state index contributed by atoms with van der Waals surface area (Å²) in [5.74, 6) is 0. The molecule has 1 aromatic heterocycles. The van der Waals surface area contributed by atoms with E-state index in [1.165, 1.54) is 0 Å². The topological polar surface area (TPSA) is 75.5 Å². The predicted molar refractivity (Wildman–Crippen MR) is 63.8 cm³/mol. The van der Waals surface area contributed by atoms with Crippen molar-refractivity contribution in [3.63, 3.8) is 0 Å².